The summed E-state index contributed by atoms with van der Waals surface area (Å²) in [6.45, 7) is 1.85. The third-order valence-corrected chi connectivity index (χ3v) is 2.91. The van der Waals surface area contributed by atoms with Crippen LogP contribution in [-0.2, 0) is 6.42 Å². The molecule has 0 aromatic heterocycles. The number of carbonyl (C=O) groups excluding carboxylic acids is 1. The smallest absolute Gasteiger partial charge is 0.335 e. The van der Waals surface area contributed by atoms with E-state index in [1.807, 2.05) is 13.1 Å². The van der Waals surface area contributed by atoms with Gasteiger partial charge in [-0.3, -0.25) is 0 Å². The van der Waals surface area contributed by atoms with Crippen molar-refractivity contribution in [1.29, 1.82) is 0 Å². The maximum Gasteiger partial charge on any atom is 0.335 e. The van der Waals surface area contributed by atoms with Crippen LogP contribution in [0.1, 0.15) is 15.9 Å². The minimum atomic E-state index is -0.942. The summed E-state index contributed by atoms with van der Waals surface area (Å²) in [6, 6.07) is 6.60. The molecule has 1 aromatic rings. The largest absolute Gasteiger partial charge is 0.478 e. The minimum absolute atomic E-state index is 0.130. The normalized spacial score (nSPS) is 10.1. The Morgan fingerprint density at radius 3 is 2.70 bits per heavy atom. The number of nitrogens with zero attached hydrogens (tertiary/aromatic N) is 1. The van der Waals surface area contributed by atoms with Crippen LogP contribution in [0.4, 0.5) is 4.79 Å². The van der Waals surface area contributed by atoms with E-state index in [1.165, 1.54) is 0 Å². The van der Waals surface area contributed by atoms with Crippen molar-refractivity contribution in [3.05, 3.63) is 35.4 Å². The first-order chi connectivity index (χ1) is 9.54. The molecule has 0 saturated carbocycles. The topological polar surface area (TPSA) is 81.7 Å². The highest BCUT2D eigenvalue weighted by Gasteiger charge is 2.07. The first kappa shape index (κ1) is 16.0. The fourth-order valence-corrected chi connectivity index (χ4v) is 1.69. The van der Waals surface area contributed by atoms with Gasteiger partial charge in [-0.05, 0) is 31.2 Å². The molecular weight excluding hydrogens is 258 g/mol. The van der Waals surface area contributed by atoms with Gasteiger partial charge in [0.25, 0.3) is 0 Å². The van der Waals surface area contributed by atoms with E-state index in [4.69, 9.17) is 5.11 Å². The Bertz CT molecular complexity index is 463. The van der Waals surface area contributed by atoms with Crippen LogP contribution in [0.3, 0.4) is 0 Å². The highest BCUT2D eigenvalue weighted by molar-refractivity contribution is 5.87. The van der Waals surface area contributed by atoms with Crippen LogP contribution in [0.25, 0.3) is 0 Å². The first-order valence-corrected chi connectivity index (χ1v) is 6.50. The van der Waals surface area contributed by atoms with Crippen LogP contribution in [0, 0.1) is 0 Å². The summed E-state index contributed by atoms with van der Waals surface area (Å²) in [5, 5.41) is 14.7. The van der Waals surface area contributed by atoms with E-state index in [9.17, 15) is 9.59 Å². The fraction of sp³-hybridized carbons (Fsp3) is 0.429. The van der Waals surface area contributed by atoms with E-state index >= 15 is 0 Å². The lowest BCUT2D eigenvalue weighted by molar-refractivity contribution is 0.0696. The molecule has 0 spiro atoms. The predicted octanol–water partition coefficient (Wildman–Crippen LogP) is 0.788. The number of nitrogens with one attached hydrogen (secondary N) is 2. The molecule has 6 nitrogen and oxygen atoms in total. The van der Waals surface area contributed by atoms with Gasteiger partial charge in [0.1, 0.15) is 0 Å². The van der Waals surface area contributed by atoms with E-state index in [0.29, 0.717) is 19.5 Å². The van der Waals surface area contributed by atoms with Crippen LogP contribution in [0.15, 0.2) is 24.3 Å². The highest BCUT2D eigenvalue weighted by Crippen LogP contribution is 2.05. The molecule has 6 heteroatoms. The summed E-state index contributed by atoms with van der Waals surface area (Å²) in [5.41, 5.74) is 1.16. The van der Waals surface area contributed by atoms with Gasteiger partial charge < -0.3 is 20.6 Å². The van der Waals surface area contributed by atoms with E-state index < -0.39 is 5.97 Å². The van der Waals surface area contributed by atoms with Crippen molar-refractivity contribution < 1.29 is 14.7 Å². The second kappa shape index (κ2) is 8.16. The average Bonchev–Trinajstić information content (AvgIpc) is 2.44. The molecule has 0 unspecified atom stereocenters. The Balaban J connectivity index is 2.38. The quantitative estimate of drug-likeness (QED) is 0.689. The zero-order valence-electron chi connectivity index (χ0n) is 11.8. The van der Waals surface area contributed by atoms with Gasteiger partial charge in [0.05, 0.1) is 5.56 Å². The van der Waals surface area contributed by atoms with E-state index in [2.05, 4.69) is 10.6 Å². The van der Waals surface area contributed by atoms with E-state index in [-0.39, 0.29) is 11.6 Å². The summed E-state index contributed by atoms with van der Waals surface area (Å²) >= 11 is 0. The molecule has 0 radical (unpaired) electrons. The Kier molecular flexibility index (Phi) is 6.52. The summed E-state index contributed by atoms with van der Waals surface area (Å²) < 4.78 is 0. The molecule has 1 rings (SSSR count). The number of rotatable bonds is 7. The molecule has 0 atom stereocenters. The summed E-state index contributed by atoms with van der Waals surface area (Å²) in [7, 11) is 3.57. The SMILES string of the molecule is CNCCN(C)C(=O)NCCc1cccc(C(=O)O)c1. The molecule has 110 valence electrons. The highest BCUT2D eigenvalue weighted by atomic mass is 16.4. The van der Waals surface area contributed by atoms with Gasteiger partial charge >= 0.3 is 12.0 Å². The van der Waals surface area contributed by atoms with Crippen molar-refractivity contribution in [2.45, 2.75) is 6.42 Å². The monoisotopic (exact) mass is 279 g/mol. The van der Waals surface area contributed by atoms with Crippen LogP contribution >= 0.6 is 0 Å². The number of likely N-dealkylation sites (N-methyl/N-ethyl adjacent to an activating group) is 2. The second-order valence-corrected chi connectivity index (χ2v) is 4.51. The molecule has 0 saturated heterocycles. The zero-order chi connectivity index (χ0) is 15.0. The molecule has 2 amide bonds. The fourth-order valence-electron chi connectivity index (χ4n) is 1.69. The number of carbonyl (C=O) groups is 2. The number of hydrogen-bond donors (Lipinski definition) is 3. The van der Waals surface area contributed by atoms with Gasteiger partial charge in [0, 0.05) is 26.7 Å². The molecular formula is C14H21N3O3. The molecule has 0 aliphatic rings. The molecule has 1 aromatic carbocycles. The van der Waals surface area contributed by atoms with Gasteiger partial charge in [-0.1, -0.05) is 12.1 Å². The van der Waals surface area contributed by atoms with E-state index in [0.717, 1.165) is 12.1 Å². The zero-order valence-corrected chi connectivity index (χ0v) is 11.8. The number of urea groups is 1. The number of aromatic carboxylic acids is 1. The number of carboxylic acids is 1. The lowest BCUT2D eigenvalue weighted by atomic mass is 10.1. The maximum atomic E-state index is 11.7. The Hall–Kier alpha value is -2.08. The summed E-state index contributed by atoms with van der Waals surface area (Å²) in [4.78, 5) is 24.2. The summed E-state index contributed by atoms with van der Waals surface area (Å²) in [6.07, 6.45) is 0.604. The summed E-state index contributed by atoms with van der Waals surface area (Å²) in [5.74, 6) is -0.942. The molecule has 0 aliphatic heterocycles. The maximum absolute atomic E-state index is 11.7. The van der Waals surface area contributed by atoms with Crippen molar-refractivity contribution >= 4 is 12.0 Å². The first-order valence-electron chi connectivity index (χ1n) is 6.50. The molecule has 20 heavy (non-hydrogen) atoms. The third kappa shape index (κ3) is 5.27. The van der Waals surface area contributed by atoms with Crippen molar-refractivity contribution in [2.24, 2.45) is 0 Å². The Morgan fingerprint density at radius 2 is 2.05 bits per heavy atom. The van der Waals surface area contributed by atoms with Crippen LogP contribution in [0.2, 0.25) is 0 Å². The van der Waals surface area contributed by atoms with Gasteiger partial charge in [-0.15, -0.1) is 0 Å². The minimum Gasteiger partial charge on any atom is -0.478 e. The Morgan fingerprint density at radius 1 is 1.30 bits per heavy atom. The molecule has 0 heterocycles. The van der Waals surface area contributed by atoms with E-state index in [1.54, 1.807) is 30.1 Å². The number of carboxylic acid groups (broad SMARTS) is 1. The second-order valence-electron chi connectivity index (χ2n) is 4.51. The van der Waals surface area contributed by atoms with Gasteiger partial charge in [0.2, 0.25) is 0 Å². The average molecular weight is 279 g/mol. The van der Waals surface area contributed by atoms with Crippen molar-refractivity contribution in [2.75, 3.05) is 33.7 Å². The van der Waals surface area contributed by atoms with Gasteiger partial charge in [-0.25, -0.2) is 9.59 Å². The number of amides is 2. The number of benzene rings is 1. The van der Waals surface area contributed by atoms with Crippen LogP contribution in [0.5, 0.6) is 0 Å². The molecule has 0 aliphatic carbocycles. The van der Waals surface area contributed by atoms with Crippen LogP contribution in [-0.4, -0.2) is 55.7 Å². The standard InChI is InChI=1S/C14H21N3O3/c1-15-8-9-17(2)14(20)16-7-6-11-4-3-5-12(10-11)13(18)19/h3-5,10,15H,6-9H2,1-2H3,(H,16,20)(H,18,19). The molecule has 3 N–H and O–H groups in total. The molecule has 0 fully saturated rings. The third-order valence-electron chi connectivity index (χ3n) is 2.91. The van der Waals surface area contributed by atoms with Crippen molar-refractivity contribution in [3.8, 4) is 0 Å². The van der Waals surface area contributed by atoms with Gasteiger partial charge in [0.15, 0.2) is 0 Å². The number of hydrogen-bond acceptors (Lipinski definition) is 3. The Labute approximate surface area is 118 Å². The van der Waals surface area contributed by atoms with Gasteiger partial charge in [-0.2, -0.15) is 0 Å². The van der Waals surface area contributed by atoms with Crippen molar-refractivity contribution in [3.63, 3.8) is 0 Å². The van der Waals surface area contributed by atoms with Crippen molar-refractivity contribution in [1.82, 2.24) is 15.5 Å². The lowest BCUT2D eigenvalue weighted by Crippen LogP contribution is -2.41. The lowest BCUT2D eigenvalue weighted by Gasteiger charge is -2.17. The molecule has 0 bridgehead atoms. The van der Waals surface area contributed by atoms with Crippen LogP contribution < -0.4 is 10.6 Å². The predicted molar refractivity (Wildman–Crippen MR) is 77.1 cm³/mol.